The molecule has 0 fully saturated rings. The highest BCUT2D eigenvalue weighted by Crippen LogP contribution is 2.05. The van der Waals surface area contributed by atoms with Crippen molar-refractivity contribution in [3.8, 4) is 0 Å². The number of rotatable bonds is 6. The highest BCUT2D eigenvalue weighted by Gasteiger charge is 2.10. The molecule has 0 saturated heterocycles. The lowest BCUT2D eigenvalue weighted by molar-refractivity contribution is 0.0844. The van der Waals surface area contributed by atoms with Crippen LogP contribution in [0.4, 0.5) is 0 Å². The second-order valence-corrected chi connectivity index (χ2v) is 5.12. The summed E-state index contributed by atoms with van der Waals surface area (Å²) in [5.74, 6) is -0.843. The van der Waals surface area contributed by atoms with Crippen LogP contribution in [-0.2, 0) is 6.42 Å². The van der Waals surface area contributed by atoms with E-state index in [1.54, 1.807) is 24.3 Å². The van der Waals surface area contributed by atoms with Crippen molar-refractivity contribution in [2.45, 2.75) is 32.6 Å². The summed E-state index contributed by atoms with van der Waals surface area (Å²) in [6.07, 6.45) is 7.20. The third-order valence-electron chi connectivity index (χ3n) is 3.31. The van der Waals surface area contributed by atoms with E-state index in [1.807, 2.05) is 6.07 Å². The maximum atomic E-state index is 12.1. The number of carbonyl (C=O) groups excluding carboxylic acids is 2. The quantitative estimate of drug-likeness (QED) is 0.633. The average Bonchev–Trinajstić information content (AvgIpc) is 2.60. The summed E-state index contributed by atoms with van der Waals surface area (Å²) in [7, 11) is 0. The topological polar surface area (TPSA) is 84.0 Å². The van der Waals surface area contributed by atoms with Crippen LogP contribution in [0, 0.1) is 0 Å². The van der Waals surface area contributed by atoms with Crippen molar-refractivity contribution in [2.24, 2.45) is 0 Å². The van der Waals surface area contributed by atoms with Gasteiger partial charge in [-0.25, -0.2) is 4.98 Å². The van der Waals surface area contributed by atoms with Gasteiger partial charge in [0.2, 0.25) is 0 Å². The zero-order valence-corrected chi connectivity index (χ0v) is 13.1. The van der Waals surface area contributed by atoms with E-state index in [9.17, 15) is 9.59 Å². The van der Waals surface area contributed by atoms with Gasteiger partial charge >= 0.3 is 0 Å². The van der Waals surface area contributed by atoms with E-state index < -0.39 is 11.8 Å². The lowest BCUT2D eigenvalue weighted by atomic mass is 10.1. The average molecular weight is 312 g/mol. The Balaban J connectivity index is 1.90. The molecule has 0 aliphatic rings. The second-order valence-electron chi connectivity index (χ2n) is 5.12. The molecular formula is C17H20N4O2. The van der Waals surface area contributed by atoms with Gasteiger partial charge in [0.05, 0.1) is 0 Å². The van der Waals surface area contributed by atoms with Gasteiger partial charge < -0.3 is 0 Å². The van der Waals surface area contributed by atoms with Crippen molar-refractivity contribution in [3.63, 3.8) is 0 Å². The number of aryl methyl sites for hydroxylation is 1. The third kappa shape index (κ3) is 5.18. The molecular weight excluding hydrogens is 292 g/mol. The molecule has 2 heterocycles. The molecule has 0 spiro atoms. The minimum atomic E-state index is -0.440. The zero-order valence-electron chi connectivity index (χ0n) is 13.1. The smallest absolute Gasteiger partial charge is 0.267 e. The monoisotopic (exact) mass is 312 g/mol. The first kappa shape index (κ1) is 16.6. The largest absolute Gasteiger partial charge is 0.288 e. The third-order valence-corrected chi connectivity index (χ3v) is 3.31. The Labute approximate surface area is 135 Å². The van der Waals surface area contributed by atoms with Crippen LogP contribution < -0.4 is 10.9 Å². The molecule has 0 atom stereocenters. The number of pyridine rings is 2. The summed E-state index contributed by atoms with van der Waals surface area (Å²) >= 11 is 0. The molecule has 0 saturated carbocycles. The van der Waals surface area contributed by atoms with Crippen molar-refractivity contribution < 1.29 is 9.59 Å². The fourth-order valence-corrected chi connectivity index (χ4v) is 2.05. The number of aromatic nitrogens is 2. The number of hydrazine groups is 1. The van der Waals surface area contributed by atoms with Crippen LogP contribution >= 0.6 is 0 Å². The molecule has 0 unspecified atom stereocenters. The van der Waals surface area contributed by atoms with Gasteiger partial charge in [-0.1, -0.05) is 25.8 Å². The summed E-state index contributed by atoms with van der Waals surface area (Å²) in [6.45, 7) is 2.14. The van der Waals surface area contributed by atoms with E-state index in [2.05, 4.69) is 27.7 Å². The van der Waals surface area contributed by atoms with Gasteiger partial charge in [0.1, 0.15) is 5.69 Å². The molecule has 0 aromatic carbocycles. The van der Waals surface area contributed by atoms with Gasteiger partial charge in [-0.2, -0.15) is 0 Å². The van der Waals surface area contributed by atoms with E-state index in [0.29, 0.717) is 5.56 Å². The number of carbonyl (C=O) groups is 2. The second kappa shape index (κ2) is 8.63. The van der Waals surface area contributed by atoms with Crippen LogP contribution in [0.1, 0.15) is 52.7 Å². The highest BCUT2D eigenvalue weighted by atomic mass is 16.2. The van der Waals surface area contributed by atoms with E-state index in [4.69, 9.17) is 0 Å². The summed E-state index contributed by atoms with van der Waals surface area (Å²) < 4.78 is 0. The van der Waals surface area contributed by atoms with Gasteiger partial charge in [0.25, 0.3) is 11.8 Å². The molecule has 0 aliphatic heterocycles. The maximum Gasteiger partial charge on any atom is 0.288 e. The minimum absolute atomic E-state index is 0.286. The van der Waals surface area contributed by atoms with Crippen LogP contribution in [0.2, 0.25) is 0 Å². The molecule has 0 aliphatic carbocycles. The summed E-state index contributed by atoms with van der Waals surface area (Å²) in [4.78, 5) is 32.1. The molecule has 120 valence electrons. The number of unbranched alkanes of at least 4 members (excludes halogenated alkanes) is 2. The highest BCUT2D eigenvalue weighted by molar-refractivity contribution is 5.98. The fraction of sp³-hybridized carbons (Fsp3) is 0.294. The number of nitrogens with zero attached hydrogens (tertiary/aromatic N) is 2. The van der Waals surface area contributed by atoms with Gasteiger partial charge in [-0.15, -0.1) is 0 Å². The molecule has 2 amide bonds. The van der Waals surface area contributed by atoms with Crippen LogP contribution in [0.5, 0.6) is 0 Å². The fourth-order valence-electron chi connectivity index (χ4n) is 2.05. The SMILES string of the molecule is CCCCCc1cccc(C(=O)NNC(=O)c2ccncc2)n1. The molecule has 2 aromatic heterocycles. The molecule has 2 rings (SSSR count). The summed E-state index contributed by atoms with van der Waals surface area (Å²) in [6, 6.07) is 8.45. The Hall–Kier alpha value is -2.76. The van der Waals surface area contributed by atoms with Crippen LogP contribution in [-0.4, -0.2) is 21.8 Å². The number of hydrogen-bond donors (Lipinski definition) is 2. The van der Waals surface area contributed by atoms with Crippen molar-refractivity contribution in [2.75, 3.05) is 0 Å². The number of hydrogen-bond acceptors (Lipinski definition) is 4. The van der Waals surface area contributed by atoms with Gasteiger partial charge in [-0.3, -0.25) is 25.4 Å². The van der Waals surface area contributed by atoms with Crippen LogP contribution in [0.25, 0.3) is 0 Å². The van der Waals surface area contributed by atoms with E-state index >= 15 is 0 Å². The van der Waals surface area contributed by atoms with Crippen molar-refractivity contribution in [3.05, 3.63) is 59.7 Å². The molecule has 0 radical (unpaired) electrons. The van der Waals surface area contributed by atoms with E-state index in [0.717, 1.165) is 31.4 Å². The van der Waals surface area contributed by atoms with Crippen molar-refractivity contribution in [1.29, 1.82) is 0 Å². The van der Waals surface area contributed by atoms with Crippen LogP contribution in [0.3, 0.4) is 0 Å². The molecule has 2 aromatic rings. The summed E-state index contributed by atoms with van der Waals surface area (Å²) in [5, 5.41) is 0. The Morgan fingerprint density at radius 1 is 1.00 bits per heavy atom. The molecule has 2 N–H and O–H groups in total. The number of amides is 2. The lowest BCUT2D eigenvalue weighted by Crippen LogP contribution is -2.42. The van der Waals surface area contributed by atoms with Crippen LogP contribution in [0.15, 0.2) is 42.7 Å². The maximum absolute atomic E-state index is 12.1. The molecule has 6 heteroatoms. The molecule has 0 bridgehead atoms. The standard InChI is InChI=1S/C17H20N4O2/c1-2-3-4-6-14-7-5-8-15(19-14)17(23)21-20-16(22)13-9-11-18-12-10-13/h5,7-12H,2-4,6H2,1H3,(H,20,22)(H,21,23). The predicted octanol–water partition coefficient (Wildman–Crippen LogP) is 2.28. The first-order valence-corrected chi connectivity index (χ1v) is 7.67. The van der Waals surface area contributed by atoms with Crippen molar-refractivity contribution in [1.82, 2.24) is 20.8 Å². The Morgan fingerprint density at radius 3 is 2.48 bits per heavy atom. The zero-order chi connectivity index (χ0) is 16.5. The lowest BCUT2D eigenvalue weighted by Gasteiger charge is -2.08. The van der Waals surface area contributed by atoms with Gasteiger partial charge in [-0.05, 0) is 37.1 Å². The first-order chi connectivity index (χ1) is 11.2. The van der Waals surface area contributed by atoms with Gasteiger partial charge in [0, 0.05) is 23.7 Å². The Bertz CT molecular complexity index is 659. The first-order valence-electron chi connectivity index (χ1n) is 7.67. The number of nitrogens with one attached hydrogen (secondary N) is 2. The Kier molecular flexibility index (Phi) is 6.23. The normalized spacial score (nSPS) is 10.1. The molecule has 23 heavy (non-hydrogen) atoms. The van der Waals surface area contributed by atoms with Crippen molar-refractivity contribution >= 4 is 11.8 Å². The van der Waals surface area contributed by atoms with E-state index in [-0.39, 0.29) is 5.69 Å². The minimum Gasteiger partial charge on any atom is -0.267 e. The molecule has 6 nitrogen and oxygen atoms in total. The Morgan fingerprint density at radius 2 is 1.74 bits per heavy atom. The summed E-state index contributed by atoms with van der Waals surface area (Å²) in [5.41, 5.74) is 6.32. The van der Waals surface area contributed by atoms with E-state index in [1.165, 1.54) is 12.4 Å². The predicted molar refractivity (Wildman–Crippen MR) is 86.6 cm³/mol. The van der Waals surface area contributed by atoms with Gasteiger partial charge in [0.15, 0.2) is 0 Å².